The molecular weight excluding hydrogens is 449 g/mol. The van der Waals surface area contributed by atoms with Gasteiger partial charge in [-0.2, -0.15) is 0 Å². The minimum Gasteiger partial charge on any atom is -0.543 e. The van der Waals surface area contributed by atoms with Crippen LogP contribution in [0.2, 0.25) is 33.2 Å². The maximum absolute atomic E-state index is 7.09. The molecule has 0 aromatic rings. The highest BCUT2D eigenvalue weighted by molar-refractivity contribution is 6.78. The Balaban J connectivity index is 6.40. The number of hydrogen-bond acceptors (Lipinski definition) is 2. The van der Waals surface area contributed by atoms with Crippen molar-refractivity contribution in [3.63, 3.8) is 0 Å². The lowest BCUT2D eigenvalue weighted by Gasteiger charge is -2.44. The molecule has 0 aromatic carbocycles. The summed E-state index contributed by atoms with van der Waals surface area (Å²) < 4.78 is 14.2. The van der Waals surface area contributed by atoms with Gasteiger partial charge in [0.2, 0.25) is 8.32 Å². The molecular formula is C30H60O2Si2. The summed E-state index contributed by atoms with van der Waals surface area (Å²) in [6.45, 7) is 40.0. The van der Waals surface area contributed by atoms with Crippen molar-refractivity contribution < 1.29 is 8.85 Å². The van der Waals surface area contributed by atoms with E-state index in [1.54, 1.807) is 0 Å². The van der Waals surface area contributed by atoms with Gasteiger partial charge in [0.25, 0.3) is 8.32 Å². The minimum absolute atomic E-state index is 0.521. The molecule has 0 aliphatic carbocycles. The van der Waals surface area contributed by atoms with Crippen molar-refractivity contribution in [2.24, 2.45) is 0 Å². The predicted octanol–water partition coefficient (Wildman–Crippen LogP) is 10.9. The summed E-state index contributed by atoms with van der Waals surface area (Å²) >= 11 is 0. The van der Waals surface area contributed by atoms with Crippen molar-refractivity contribution in [1.82, 2.24) is 0 Å². The molecule has 0 rings (SSSR count). The molecule has 0 radical (unpaired) electrons. The van der Waals surface area contributed by atoms with E-state index in [-0.39, 0.29) is 0 Å². The molecule has 0 atom stereocenters. The van der Waals surface area contributed by atoms with Gasteiger partial charge in [-0.25, -0.2) is 0 Å². The van der Waals surface area contributed by atoms with Crippen LogP contribution in [0.3, 0.4) is 0 Å². The van der Waals surface area contributed by atoms with E-state index >= 15 is 0 Å². The normalized spacial score (nSPS) is 14.0. The molecule has 0 aliphatic rings. The fourth-order valence-electron chi connectivity index (χ4n) is 6.50. The van der Waals surface area contributed by atoms with Crippen LogP contribution in [0.4, 0.5) is 0 Å². The number of allylic oxidation sites excluding steroid dienone is 3. The van der Waals surface area contributed by atoms with E-state index in [0.29, 0.717) is 39.9 Å². The van der Waals surface area contributed by atoms with Gasteiger partial charge in [0.1, 0.15) is 5.76 Å². The topological polar surface area (TPSA) is 18.5 Å². The summed E-state index contributed by atoms with van der Waals surface area (Å²) in [4.78, 5) is 0. The lowest BCUT2D eigenvalue weighted by Crippen LogP contribution is -2.49. The first-order valence-electron chi connectivity index (χ1n) is 13.8. The molecule has 2 nitrogen and oxygen atoms in total. The van der Waals surface area contributed by atoms with Crippen LogP contribution < -0.4 is 0 Å². The molecule has 0 unspecified atom stereocenters. The summed E-state index contributed by atoms with van der Waals surface area (Å²) in [6.07, 6.45) is 4.40. The van der Waals surface area contributed by atoms with Gasteiger partial charge in [-0.1, -0.05) is 107 Å². The fourth-order valence-corrected chi connectivity index (χ4v) is 17.1. The van der Waals surface area contributed by atoms with Gasteiger partial charge in [-0.15, -0.1) is 0 Å². The van der Waals surface area contributed by atoms with Crippen LogP contribution in [0.25, 0.3) is 0 Å². The third-order valence-electron chi connectivity index (χ3n) is 8.10. The molecule has 0 saturated heterocycles. The van der Waals surface area contributed by atoms with Gasteiger partial charge in [0.05, 0.1) is 6.61 Å². The third-order valence-corrected chi connectivity index (χ3v) is 20.2. The first-order valence-corrected chi connectivity index (χ1v) is 18.1. The van der Waals surface area contributed by atoms with Crippen molar-refractivity contribution >= 4 is 16.6 Å². The van der Waals surface area contributed by atoms with Gasteiger partial charge in [0.15, 0.2) is 0 Å². The molecule has 0 bridgehead atoms. The Labute approximate surface area is 216 Å². The molecule has 0 saturated carbocycles. The second kappa shape index (κ2) is 14.2. The van der Waals surface area contributed by atoms with Gasteiger partial charge >= 0.3 is 0 Å². The van der Waals surface area contributed by atoms with Crippen LogP contribution in [0.1, 0.15) is 117 Å². The van der Waals surface area contributed by atoms with Crippen LogP contribution in [-0.4, -0.2) is 23.2 Å². The molecule has 34 heavy (non-hydrogen) atoms. The van der Waals surface area contributed by atoms with Crippen molar-refractivity contribution in [3.8, 4) is 0 Å². The Morgan fingerprint density at radius 3 is 1.38 bits per heavy atom. The molecule has 0 N–H and O–H groups in total. The molecule has 0 aliphatic heterocycles. The van der Waals surface area contributed by atoms with Crippen molar-refractivity contribution in [1.29, 1.82) is 0 Å². The Morgan fingerprint density at radius 1 is 0.676 bits per heavy atom. The molecule has 0 spiro atoms. The molecule has 0 fully saturated rings. The number of rotatable bonds is 15. The van der Waals surface area contributed by atoms with Crippen LogP contribution in [0, 0.1) is 0 Å². The van der Waals surface area contributed by atoms with Crippen LogP contribution >= 0.6 is 0 Å². The first kappa shape index (κ1) is 33.4. The zero-order chi connectivity index (χ0) is 27.0. The van der Waals surface area contributed by atoms with Crippen molar-refractivity contribution in [2.45, 2.75) is 150 Å². The summed E-state index contributed by atoms with van der Waals surface area (Å²) in [5.41, 5.74) is 7.18. The van der Waals surface area contributed by atoms with Gasteiger partial charge in [0, 0.05) is 5.57 Å². The lowest BCUT2D eigenvalue weighted by atomic mass is 10.0. The molecule has 0 aromatic heterocycles. The van der Waals surface area contributed by atoms with Gasteiger partial charge in [-0.3, -0.25) is 0 Å². The second-order valence-electron chi connectivity index (χ2n) is 12.5. The SMILES string of the molecule is C=C(O[Si](C(C)C)(C(C)C)C(C)C)/C(CO[Si](C(C)C)(C(C)C)C(C)C)=C(/C)CCC=C(C)C. The quantitative estimate of drug-likeness (QED) is 0.0947. The van der Waals surface area contributed by atoms with E-state index in [1.807, 2.05) is 0 Å². The lowest BCUT2D eigenvalue weighted by molar-refractivity contribution is 0.292. The minimum atomic E-state index is -2.08. The van der Waals surface area contributed by atoms with Crippen LogP contribution in [0.15, 0.2) is 35.1 Å². The average Bonchev–Trinajstić information content (AvgIpc) is 2.66. The Hall–Kier alpha value is -0.586. The third kappa shape index (κ3) is 7.96. The van der Waals surface area contributed by atoms with Crippen LogP contribution in [0.5, 0.6) is 0 Å². The van der Waals surface area contributed by atoms with E-state index in [0.717, 1.165) is 18.6 Å². The zero-order valence-electron chi connectivity index (χ0n) is 25.7. The standard InChI is InChI=1S/C30H60O2Si2/c1-21(2)18-17-19-28(15)30(20-31-33(22(3)4,23(5)6)24(7)8)29(16)32-34(25(9)10,26(11)12)27(13)14/h18,22-27H,16-17,19-20H2,1-15H3/b30-28-. The van der Waals surface area contributed by atoms with E-state index in [9.17, 15) is 0 Å². The average molecular weight is 509 g/mol. The van der Waals surface area contributed by atoms with E-state index in [2.05, 4.69) is 117 Å². The van der Waals surface area contributed by atoms with Crippen LogP contribution in [-0.2, 0) is 8.85 Å². The monoisotopic (exact) mass is 508 g/mol. The summed E-state index contributed by atoms with van der Waals surface area (Å²) in [6, 6.07) is 0. The Kier molecular flexibility index (Phi) is 14.0. The largest absolute Gasteiger partial charge is 0.543 e. The van der Waals surface area contributed by atoms with Gasteiger partial charge < -0.3 is 8.85 Å². The van der Waals surface area contributed by atoms with E-state index < -0.39 is 16.6 Å². The Morgan fingerprint density at radius 2 is 1.06 bits per heavy atom. The van der Waals surface area contributed by atoms with Crippen molar-refractivity contribution in [3.05, 3.63) is 35.1 Å². The predicted molar refractivity (Wildman–Crippen MR) is 160 cm³/mol. The zero-order valence-corrected chi connectivity index (χ0v) is 27.7. The molecule has 0 amide bonds. The highest BCUT2D eigenvalue weighted by atomic mass is 28.4. The van der Waals surface area contributed by atoms with Crippen molar-refractivity contribution in [2.75, 3.05) is 6.61 Å². The molecule has 200 valence electrons. The second-order valence-corrected chi connectivity index (χ2v) is 23.4. The first-order chi connectivity index (χ1) is 15.5. The maximum atomic E-state index is 7.09. The fraction of sp³-hybridized carbons (Fsp3) is 0.800. The molecule has 0 heterocycles. The molecule has 4 heteroatoms. The summed E-state index contributed by atoms with van der Waals surface area (Å²) in [7, 11) is -4.07. The Bertz CT molecular complexity index is 649. The van der Waals surface area contributed by atoms with E-state index in [1.165, 1.54) is 16.7 Å². The smallest absolute Gasteiger partial charge is 0.258 e. The highest BCUT2D eigenvalue weighted by Crippen LogP contribution is 2.46. The number of hydrogen-bond donors (Lipinski definition) is 0. The highest BCUT2D eigenvalue weighted by Gasteiger charge is 2.48. The van der Waals surface area contributed by atoms with Gasteiger partial charge in [-0.05, 0) is 66.9 Å². The van der Waals surface area contributed by atoms with E-state index in [4.69, 9.17) is 8.85 Å². The summed E-state index contributed by atoms with van der Waals surface area (Å²) in [5, 5.41) is 0. The summed E-state index contributed by atoms with van der Waals surface area (Å²) in [5.74, 6) is 0.872. The maximum Gasteiger partial charge on any atom is 0.258 e.